The number of rotatable bonds is 6. The van der Waals surface area contributed by atoms with Gasteiger partial charge in [-0.05, 0) is 39.5 Å². The van der Waals surface area contributed by atoms with Crippen molar-refractivity contribution in [3.05, 3.63) is 11.7 Å². The average molecular weight is 254 g/mol. The van der Waals surface area contributed by atoms with Crippen LogP contribution in [0.1, 0.15) is 44.5 Å². The molecule has 6 heteroatoms. The maximum absolute atomic E-state index is 11.7. The van der Waals surface area contributed by atoms with Crippen molar-refractivity contribution in [2.75, 3.05) is 6.61 Å². The molecule has 2 atom stereocenters. The molecule has 0 aliphatic heterocycles. The molecule has 0 aromatic carbocycles. The van der Waals surface area contributed by atoms with E-state index in [2.05, 4.69) is 10.1 Å². The molecule has 1 aliphatic rings. The third-order valence-corrected chi connectivity index (χ3v) is 2.79. The van der Waals surface area contributed by atoms with Gasteiger partial charge in [0, 0.05) is 0 Å². The van der Waals surface area contributed by atoms with E-state index in [9.17, 15) is 4.79 Å². The molecule has 2 unspecified atom stereocenters. The molecule has 1 heterocycles. The van der Waals surface area contributed by atoms with Crippen LogP contribution in [0.25, 0.3) is 0 Å². The van der Waals surface area contributed by atoms with Crippen LogP contribution in [0, 0.1) is 12.8 Å². The van der Waals surface area contributed by atoms with Crippen LogP contribution in [0.3, 0.4) is 0 Å². The van der Waals surface area contributed by atoms with E-state index in [1.54, 1.807) is 20.8 Å². The lowest BCUT2D eigenvalue weighted by Gasteiger charge is -2.14. The zero-order valence-electron chi connectivity index (χ0n) is 10.9. The first-order chi connectivity index (χ1) is 8.56. The molecule has 2 rings (SSSR count). The van der Waals surface area contributed by atoms with Crippen molar-refractivity contribution in [2.45, 2.75) is 45.8 Å². The van der Waals surface area contributed by atoms with Gasteiger partial charge < -0.3 is 14.0 Å². The Kier molecular flexibility index (Phi) is 3.96. The van der Waals surface area contributed by atoms with Gasteiger partial charge in [-0.15, -0.1) is 0 Å². The summed E-state index contributed by atoms with van der Waals surface area (Å²) in [6.07, 6.45) is 1.28. The Balaban J connectivity index is 1.78. The van der Waals surface area contributed by atoms with E-state index >= 15 is 0 Å². The standard InChI is InChI=1S/C12H18N2O4/c1-7(11-13-9(3)14-18-11)17-12(15)8(2)16-6-10-4-5-10/h7-8,10H,4-6H2,1-3H3. The Hall–Kier alpha value is -1.43. The molecule has 1 aliphatic carbocycles. The quantitative estimate of drug-likeness (QED) is 0.720. The smallest absolute Gasteiger partial charge is 0.335 e. The summed E-state index contributed by atoms with van der Waals surface area (Å²) >= 11 is 0. The molecule has 0 radical (unpaired) electrons. The van der Waals surface area contributed by atoms with Gasteiger partial charge in [0.05, 0.1) is 6.61 Å². The molecular weight excluding hydrogens is 236 g/mol. The first kappa shape index (κ1) is 13.0. The third kappa shape index (κ3) is 3.53. The highest BCUT2D eigenvalue weighted by Gasteiger charge is 2.26. The van der Waals surface area contributed by atoms with Gasteiger partial charge in [-0.3, -0.25) is 0 Å². The summed E-state index contributed by atoms with van der Waals surface area (Å²) in [6, 6.07) is 0. The predicted molar refractivity (Wildman–Crippen MR) is 61.7 cm³/mol. The molecule has 1 fully saturated rings. The second kappa shape index (κ2) is 5.48. The number of ether oxygens (including phenoxy) is 2. The lowest BCUT2D eigenvalue weighted by molar-refractivity contribution is -0.162. The lowest BCUT2D eigenvalue weighted by Crippen LogP contribution is -2.25. The first-order valence-electron chi connectivity index (χ1n) is 6.18. The minimum Gasteiger partial charge on any atom is -0.451 e. The molecule has 0 amide bonds. The van der Waals surface area contributed by atoms with Crippen LogP contribution < -0.4 is 0 Å². The van der Waals surface area contributed by atoms with Crippen LogP contribution in [-0.2, 0) is 14.3 Å². The zero-order chi connectivity index (χ0) is 13.1. The van der Waals surface area contributed by atoms with Crippen LogP contribution in [-0.4, -0.2) is 28.8 Å². The number of hydrogen-bond acceptors (Lipinski definition) is 6. The van der Waals surface area contributed by atoms with Gasteiger partial charge in [-0.25, -0.2) is 4.79 Å². The summed E-state index contributed by atoms with van der Waals surface area (Å²) in [4.78, 5) is 15.7. The molecule has 0 spiro atoms. The summed E-state index contributed by atoms with van der Waals surface area (Å²) in [5.41, 5.74) is 0. The van der Waals surface area contributed by atoms with E-state index in [1.807, 2.05) is 0 Å². The van der Waals surface area contributed by atoms with Crippen molar-refractivity contribution >= 4 is 5.97 Å². The third-order valence-electron chi connectivity index (χ3n) is 2.79. The number of aromatic nitrogens is 2. The Morgan fingerprint density at radius 1 is 1.50 bits per heavy atom. The highest BCUT2D eigenvalue weighted by molar-refractivity contribution is 5.74. The largest absolute Gasteiger partial charge is 0.451 e. The van der Waals surface area contributed by atoms with Crippen molar-refractivity contribution in [3.63, 3.8) is 0 Å². The predicted octanol–water partition coefficient (Wildman–Crippen LogP) is 1.80. The normalized spacial score (nSPS) is 18.4. The monoisotopic (exact) mass is 254 g/mol. The molecule has 1 aromatic rings. The molecule has 18 heavy (non-hydrogen) atoms. The number of carbonyl (C=O) groups is 1. The molecular formula is C12H18N2O4. The van der Waals surface area contributed by atoms with Gasteiger partial charge in [0.15, 0.2) is 18.0 Å². The fraction of sp³-hybridized carbons (Fsp3) is 0.750. The van der Waals surface area contributed by atoms with Crippen LogP contribution in [0.5, 0.6) is 0 Å². The average Bonchev–Trinajstić information content (AvgIpc) is 3.06. The SMILES string of the molecule is Cc1noc(C(C)OC(=O)C(C)OCC2CC2)n1. The molecule has 1 aromatic heterocycles. The van der Waals surface area contributed by atoms with E-state index in [0.717, 1.165) is 0 Å². The highest BCUT2D eigenvalue weighted by atomic mass is 16.6. The fourth-order valence-corrected chi connectivity index (χ4v) is 1.43. The van der Waals surface area contributed by atoms with E-state index in [-0.39, 0.29) is 0 Å². The summed E-state index contributed by atoms with van der Waals surface area (Å²) in [5.74, 6) is 1.04. The van der Waals surface area contributed by atoms with E-state index in [1.165, 1.54) is 12.8 Å². The Labute approximate surface area is 106 Å². The Bertz CT molecular complexity index is 414. The van der Waals surface area contributed by atoms with Gasteiger partial charge in [0.1, 0.15) is 0 Å². The minimum absolute atomic E-state index is 0.301. The van der Waals surface area contributed by atoms with Crippen molar-refractivity contribution in [2.24, 2.45) is 5.92 Å². The van der Waals surface area contributed by atoms with Gasteiger partial charge in [0.2, 0.25) is 0 Å². The Morgan fingerprint density at radius 3 is 2.78 bits per heavy atom. The second-order valence-electron chi connectivity index (χ2n) is 4.68. The van der Waals surface area contributed by atoms with Crippen LogP contribution in [0.2, 0.25) is 0 Å². The first-order valence-corrected chi connectivity index (χ1v) is 6.18. The number of esters is 1. The molecule has 100 valence electrons. The number of nitrogens with zero attached hydrogens (tertiary/aromatic N) is 2. The second-order valence-corrected chi connectivity index (χ2v) is 4.68. The highest BCUT2D eigenvalue weighted by Crippen LogP contribution is 2.29. The maximum Gasteiger partial charge on any atom is 0.335 e. The van der Waals surface area contributed by atoms with Crippen LogP contribution >= 0.6 is 0 Å². The molecule has 1 saturated carbocycles. The Morgan fingerprint density at radius 2 is 2.22 bits per heavy atom. The number of aryl methyl sites for hydroxylation is 1. The summed E-state index contributed by atoms with van der Waals surface area (Å²) < 4.78 is 15.6. The molecule has 6 nitrogen and oxygen atoms in total. The lowest BCUT2D eigenvalue weighted by atomic mass is 10.3. The van der Waals surface area contributed by atoms with Crippen molar-refractivity contribution in [3.8, 4) is 0 Å². The number of hydrogen-bond donors (Lipinski definition) is 0. The number of carbonyl (C=O) groups excluding carboxylic acids is 1. The van der Waals surface area contributed by atoms with Crippen LogP contribution in [0.15, 0.2) is 4.52 Å². The van der Waals surface area contributed by atoms with E-state index in [0.29, 0.717) is 24.2 Å². The van der Waals surface area contributed by atoms with E-state index < -0.39 is 18.2 Å². The summed E-state index contributed by atoms with van der Waals surface area (Å²) in [5, 5.41) is 3.65. The van der Waals surface area contributed by atoms with Crippen molar-refractivity contribution in [1.82, 2.24) is 10.1 Å². The van der Waals surface area contributed by atoms with Gasteiger partial charge in [0.25, 0.3) is 5.89 Å². The van der Waals surface area contributed by atoms with Crippen molar-refractivity contribution < 1.29 is 18.8 Å². The molecule has 0 bridgehead atoms. The van der Waals surface area contributed by atoms with E-state index in [4.69, 9.17) is 14.0 Å². The molecule has 0 N–H and O–H groups in total. The van der Waals surface area contributed by atoms with Gasteiger partial charge >= 0.3 is 5.97 Å². The topological polar surface area (TPSA) is 74.5 Å². The zero-order valence-corrected chi connectivity index (χ0v) is 10.9. The van der Waals surface area contributed by atoms with Gasteiger partial charge in [-0.2, -0.15) is 4.98 Å². The summed E-state index contributed by atoms with van der Waals surface area (Å²) in [7, 11) is 0. The van der Waals surface area contributed by atoms with Crippen LogP contribution in [0.4, 0.5) is 0 Å². The minimum atomic E-state index is -0.558. The fourth-order valence-electron chi connectivity index (χ4n) is 1.43. The van der Waals surface area contributed by atoms with Crippen molar-refractivity contribution in [1.29, 1.82) is 0 Å². The summed E-state index contributed by atoms with van der Waals surface area (Å²) in [6.45, 7) is 5.72. The maximum atomic E-state index is 11.7. The molecule has 0 saturated heterocycles. The van der Waals surface area contributed by atoms with Gasteiger partial charge in [-0.1, -0.05) is 5.16 Å².